The summed E-state index contributed by atoms with van der Waals surface area (Å²) in [6, 6.07) is 3.24. The fourth-order valence-corrected chi connectivity index (χ4v) is 3.96. The number of fused-ring (bicyclic) bond motifs is 1. The van der Waals surface area contributed by atoms with Crippen LogP contribution in [0.1, 0.15) is 36.2 Å². The van der Waals surface area contributed by atoms with Crippen LogP contribution in [-0.4, -0.2) is 40.0 Å². The van der Waals surface area contributed by atoms with E-state index in [1.807, 2.05) is 13.8 Å². The number of aryl methyl sites for hydroxylation is 2. The van der Waals surface area contributed by atoms with Crippen molar-refractivity contribution in [1.82, 2.24) is 9.88 Å². The minimum atomic E-state index is 0.429. The van der Waals surface area contributed by atoms with Crippen molar-refractivity contribution in [3.05, 3.63) is 23.0 Å². The predicted octanol–water partition coefficient (Wildman–Crippen LogP) is 1.98. The topological polar surface area (TPSA) is 54.2 Å². The maximum absolute atomic E-state index is 5.89. The van der Waals surface area contributed by atoms with Crippen LogP contribution in [-0.2, 0) is 0 Å². The van der Waals surface area contributed by atoms with Gasteiger partial charge in [-0.3, -0.25) is 9.88 Å². The Hall–Kier alpha value is -1.20. The first kappa shape index (κ1) is 13.8. The van der Waals surface area contributed by atoms with E-state index in [1.165, 1.54) is 32.4 Å². The third-order valence-electron chi connectivity index (χ3n) is 4.52. The van der Waals surface area contributed by atoms with E-state index in [9.17, 15) is 0 Å². The zero-order chi connectivity index (χ0) is 14.3. The molecule has 0 bridgehead atoms. The van der Waals surface area contributed by atoms with Gasteiger partial charge in [0.2, 0.25) is 0 Å². The molecule has 0 aromatic carbocycles. The van der Waals surface area contributed by atoms with Gasteiger partial charge in [-0.05, 0) is 45.7 Å². The fourth-order valence-electron chi connectivity index (χ4n) is 3.70. The average molecular weight is 290 g/mol. The molecule has 2 unspecified atom stereocenters. The van der Waals surface area contributed by atoms with Crippen LogP contribution >= 0.6 is 12.2 Å². The van der Waals surface area contributed by atoms with Crippen molar-refractivity contribution in [2.45, 2.75) is 45.2 Å². The molecule has 2 aliphatic heterocycles. The van der Waals surface area contributed by atoms with Crippen LogP contribution in [0.5, 0.6) is 0 Å². The largest absolute Gasteiger partial charge is 0.389 e. The lowest BCUT2D eigenvalue weighted by molar-refractivity contribution is 0.318. The summed E-state index contributed by atoms with van der Waals surface area (Å²) in [6.07, 6.45) is 3.81. The number of nitrogens with zero attached hydrogens (tertiary/aromatic N) is 2. The highest BCUT2D eigenvalue weighted by atomic mass is 32.1. The first-order chi connectivity index (χ1) is 9.56. The second kappa shape index (κ2) is 5.30. The van der Waals surface area contributed by atoms with Gasteiger partial charge in [0.05, 0.1) is 5.56 Å². The highest BCUT2D eigenvalue weighted by Gasteiger charge is 2.37. The van der Waals surface area contributed by atoms with Gasteiger partial charge in [-0.2, -0.15) is 0 Å². The Morgan fingerprint density at radius 1 is 1.40 bits per heavy atom. The highest BCUT2D eigenvalue weighted by Crippen LogP contribution is 2.31. The zero-order valence-corrected chi connectivity index (χ0v) is 13.0. The van der Waals surface area contributed by atoms with E-state index in [4.69, 9.17) is 18.0 Å². The van der Waals surface area contributed by atoms with Gasteiger partial charge < -0.3 is 11.1 Å². The van der Waals surface area contributed by atoms with Gasteiger partial charge in [0.1, 0.15) is 4.99 Å². The molecule has 1 aromatic rings. The minimum Gasteiger partial charge on any atom is -0.389 e. The smallest absolute Gasteiger partial charge is 0.107 e. The summed E-state index contributed by atoms with van der Waals surface area (Å²) in [4.78, 5) is 7.50. The molecule has 108 valence electrons. The normalized spacial score (nSPS) is 25.7. The molecule has 0 radical (unpaired) electrons. The van der Waals surface area contributed by atoms with Crippen molar-refractivity contribution in [1.29, 1.82) is 0 Å². The molecular weight excluding hydrogens is 268 g/mol. The molecule has 1 aromatic heterocycles. The lowest BCUT2D eigenvalue weighted by atomic mass is 10.0. The molecular formula is C15H22N4S. The van der Waals surface area contributed by atoms with Crippen LogP contribution in [0.2, 0.25) is 0 Å². The lowest BCUT2D eigenvalue weighted by Crippen LogP contribution is -2.34. The number of anilines is 1. The zero-order valence-electron chi connectivity index (χ0n) is 12.1. The van der Waals surface area contributed by atoms with Crippen molar-refractivity contribution < 1.29 is 0 Å². The lowest BCUT2D eigenvalue weighted by Gasteiger charge is -2.24. The molecule has 2 fully saturated rings. The standard InChI is InChI=1S/C15H22N4S/c1-9-8-12(14(15(16)20)10(2)17-9)18-11-5-7-19-6-3-4-13(11)19/h8,11,13H,3-7H2,1-2H3,(H2,16,20)(H,17,18). The van der Waals surface area contributed by atoms with Crippen LogP contribution in [0.15, 0.2) is 6.07 Å². The van der Waals surface area contributed by atoms with Crippen LogP contribution in [0.4, 0.5) is 5.69 Å². The number of rotatable bonds is 3. The molecule has 0 amide bonds. The fraction of sp³-hybridized carbons (Fsp3) is 0.600. The van der Waals surface area contributed by atoms with E-state index < -0.39 is 0 Å². The van der Waals surface area contributed by atoms with Gasteiger partial charge in [-0.1, -0.05) is 12.2 Å². The molecule has 5 heteroatoms. The Morgan fingerprint density at radius 2 is 2.20 bits per heavy atom. The number of aromatic nitrogens is 1. The van der Waals surface area contributed by atoms with Gasteiger partial charge in [0, 0.05) is 35.7 Å². The maximum Gasteiger partial charge on any atom is 0.107 e. The monoisotopic (exact) mass is 290 g/mol. The Morgan fingerprint density at radius 3 is 2.95 bits per heavy atom. The van der Waals surface area contributed by atoms with Gasteiger partial charge in [0.15, 0.2) is 0 Å². The molecule has 20 heavy (non-hydrogen) atoms. The molecule has 3 heterocycles. The average Bonchev–Trinajstić information content (AvgIpc) is 2.92. The Balaban J connectivity index is 1.88. The van der Waals surface area contributed by atoms with Crippen molar-refractivity contribution in [2.24, 2.45) is 5.73 Å². The van der Waals surface area contributed by atoms with Gasteiger partial charge in [-0.25, -0.2) is 0 Å². The third kappa shape index (κ3) is 2.40. The van der Waals surface area contributed by atoms with E-state index in [0.29, 0.717) is 17.1 Å². The SMILES string of the molecule is Cc1cc(NC2CCN3CCCC23)c(C(N)=S)c(C)n1. The van der Waals surface area contributed by atoms with E-state index in [0.717, 1.165) is 22.6 Å². The highest BCUT2D eigenvalue weighted by molar-refractivity contribution is 7.80. The van der Waals surface area contributed by atoms with Gasteiger partial charge in [0.25, 0.3) is 0 Å². The second-order valence-corrected chi connectivity index (χ2v) is 6.36. The maximum atomic E-state index is 5.89. The summed E-state index contributed by atoms with van der Waals surface area (Å²) in [5.41, 5.74) is 9.77. The number of thiocarbonyl (C=S) groups is 1. The van der Waals surface area contributed by atoms with E-state index in [2.05, 4.69) is 21.3 Å². The summed E-state index contributed by atoms with van der Waals surface area (Å²) < 4.78 is 0. The number of hydrogen-bond donors (Lipinski definition) is 2. The molecule has 2 atom stereocenters. The van der Waals surface area contributed by atoms with Gasteiger partial charge >= 0.3 is 0 Å². The van der Waals surface area contributed by atoms with Crippen molar-refractivity contribution in [2.75, 3.05) is 18.4 Å². The summed E-state index contributed by atoms with van der Waals surface area (Å²) in [7, 11) is 0. The predicted molar refractivity (Wildman–Crippen MR) is 86.2 cm³/mol. The second-order valence-electron chi connectivity index (χ2n) is 5.92. The molecule has 0 aliphatic carbocycles. The van der Waals surface area contributed by atoms with Gasteiger partial charge in [-0.15, -0.1) is 0 Å². The number of hydrogen-bond acceptors (Lipinski definition) is 4. The molecule has 2 saturated heterocycles. The summed E-state index contributed by atoms with van der Waals surface area (Å²) >= 11 is 5.20. The summed E-state index contributed by atoms with van der Waals surface area (Å²) in [6.45, 7) is 6.44. The van der Waals surface area contributed by atoms with Crippen molar-refractivity contribution in [3.8, 4) is 0 Å². The summed E-state index contributed by atoms with van der Waals surface area (Å²) in [5.74, 6) is 0. The molecule has 4 nitrogen and oxygen atoms in total. The van der Waals surface area contributed by atoms with E-state index in [1.54, 1.807) is 0 Å². The first-order valence-electron chi connectivity index (χ1n) is 7.35. The summed E-state index contributed by atoms with van der Waals surface area (Å²) in [5, 5.41) is 3.69. The van der Waals surface area contributed by atoms with Crippen LogP contribution in [0.25, 0.3) is 0 Å². The third-order valence-corrected chi connectivity index (χ3v) is 4.73. The quantitative estimate of drug-likeness (QED) is 0.834. The van der Waals surface area contributed by atoms with E-state index in [-0.39, 0.29) is 0 Å². The van der Waals surface area contributed by atoms with Crippen molar-refractivity contribution >= 4 is 22.9 Å². The van der Waals surface area contributed by atoms with Crippen LogP contribution in [0, 0.1) is 13.8 Å². The number of pyridine rings is 1. The first-order valence-corrected chi connectivity index (χ1v) is 7.75. The molecule has 3 rings (SSSR count). The van der Waals surface area contributed by atoms with Crippen LogP contribution in [0.3, 0.4) is 0 Å². The Kier molecular flexibility index (Phi) is 3.65. The molecule has 0 saturated carbocycles. The Bertz CT molecular complexity index is 543. The van der Waals surface area contributed by atoms with E-state index >= 15 is 0 Å². The molecule has 0 spiro atoms. The number of nitrogens with two attached hydrogens (primary N) is 1. The van der Waals surface area contributed by atoms with Crippen LogP contribution < -0.4 is 11.1 Å². The molecule has 3 N–H and O–H groups in total. The van der Waals surface area contributed by atoms with Crippen molar-refractivity contribution in [3.63, 3.8) is 0 Å². The number of nitrogens with one attached hydrogen (secondary N) is 1. The molecule has 2 aliphatic rings. The minimum absolute atomic E-state index is 0.429. The Labute approximate surface area is 125 Å².